The van der Waals surface area contributed by atoms with E-state index >= 15 is 0 Å². The highest BCUT2D eigenvalue weighted by Gasteiger charge is 2.17. The maximum absolute atomic E-state index is 11.6. The summed E-state index contributed by atoms with van der Waals surface area (Å²) in [6, 6.07) is 5.05. The molecule has 0 aliphatic heterocycles. The lowest BCUT2D eigenvalue weighted by molar-refractivity contribution is -0.125. The van der Waals surface area contributed by atoms with Gasteiger partial charge in [0.15, 0.2) is 0 Å². The summed E-state index contributed by atoms with van der Waals surface area (Å²) < 4.78 is 5.29. The molecule has 0 radical (unpaired) electrons. The van der Waals surface area contributed by atoms with Crippen LogP contribution in [0.25, 0.3) is 0 Å². The molecule has 0 saturated heterocycles. The van der Waals surface area contributed by atoms with Crippen molar-refractivity contribution in [2.75, 3.05) is 18.6 Å². The number of likely N-dealkylation sites (N-methyl/N-ethyl adjacent to an activating group) is 1. The normalized spacial score (nSPS) is 12.1. The van der Waals surface area contributed by atoms with E-state index in [2.05, 4.69) is 0 Å². The van der Waals surface area contributed by atoms with Crippen molar-refractivity contribution in [3.63, 3.8) is 0 Å². The van der Waals surface area contributed by atoms with Crippen molar-refractivity contribution in [2.24, 2.45) is 0 Å². The predicted octanol–water partition coefficient (Wildman–Crippen LogP) is 2.08. The summed E-state index contributed by atoms with van der Waals surface area (Å²) in [6.45, 7) is 3.82. The van der Waals surface area contributed by atoms with Gasteiger partial charge in [-0.25, -0.2) is 0 Å². The summed E-state index contributed by atoms with van der Waals surface area (Å²) >= 11 is 6.01. The Kier molecular flexibility index (Phi) is 4.78. The molecular weight excluding hydrogens is 242 g/mol. The highest BCUT2D eigenvalue weighted by Crippen LogP contribution is 2.29. The largest absolute Gasteiger partial charge is 0.492 e. The maximum Gasteiger partial charge on any atom is 0.255 e. The molecule has 1 unspecified atom stereocenters. The van der Waals surface area contributed by atoms with E-state index in [1.165, 1.54) is 11.8 Å². The topological polar surface area (TPSA) is 49.8 Å². The molecule has 1 rings (SSSR count). The van der Waals surface area contributed by atoms with Crippen molar-refractivity contribution >= 4 is 23.2 Å². The summed E-state index contributed by atoms with van der Waals surface area (Å²) in [5.74, 6) is 0.195. The average Bonchev–Trinajstić information content (AvgIpc) is 2.30. The Balaban J connectivity index is 2.93. The molecule has 94 valence electrons. The Labute approximate surface area is 106 Å². The lowest BCUT2D eigenvalue weighted by Gasteiger charge is -2.19. The standard InChI is InChI=1S/C12H16ClNO3/c1-4-17-11-6-5-9(7-10(11)13)14(3)12(16)8(2)15/h5-8,15H,4H2,1-3H3. The number of carbonyl (C=O) groups is 1. The van der Waals surface area contributed by atoms with E-state index in [9.17, 15) is 9.90 Å². The van der Waals surface area contributed by atoms with Crippen LogP contribution in [-0.4, -0.2) is 30.8 Å². The zero-order chi connectivity index (χ0) is 13.0. The number of hydrogen-bond donors (Lipinski definition) is 1. The molecule has 1 atom stereocenters. The minimum atomic E-state index is -1.04. The van der Waals surface area contributed by atoms with Crippen molar-refractivity contribution in [3.8, 4) is 5.75 Å². The SMILES string of the molecule is CCOc1ccc(N(C)C(=O)C(C)O)cc1Cl. The van der Waals surface area contributed by atoms with E-state index in [1.807, 2.05) is 6.92 Å². The van der Waals surface area contributed by atoms with Gasteiger partial charge in [-0.1, -0.05) is 11.6 Å². The molecule has 0 saturated carbocycles. The van der Waals surface area contributed by atoms with Gasteiger partial charge >= 0.3 is 0 Å². The number of anilines is 1. The molecule has 0 bridgehead atoms. The van der Waals surface area contributed by atoms with Crippen LogP contribution in [0.2, 0.25) is 5.02 Å². The van der Waals surface area contributed by atoms with Gasteiger partial charge in [-0.15, -0.1) is 0 Å². The Bertz CT molecular complexity index is 407. The molecule has 5 heteroatoms. The number of carbonyl (C=O) groups excluding carboxylic acids is 1. The van der Waals surface area contributed by atoms with Crippen molar-refractivity contribution < 1.29 is 14.6 Å². The molecule has 17 heavy (non-hydrogen) atoms. The number of benzene rings is 1. The molecule has 0 fully saturated rings. The Hall–Kier alpha value is -1.26. The molecule has 1 amide bonds. The molecule has 0 aliphatic rings. The molecular formula is C12H16ClNO3. The summed E-state index contributed by atoms with van der Waals surface area (Å²) in [4.78, 5) is 12.9. The van der Waals surface area contributed by atoms with Gasteiger partial charge in [0.2, 0.25) is 0 Å². The Morgan fingerprint density at radius 3 is 2.71 bits per heavy atom. The van der Waals surface area contributed by atoms with Crippen molar-refractivity contribution in [3.05, 3.63) is 23.2 Å². The quantitative estimate of drug-likeness (QED) is 0.899. The van der Waals surface area contributed by atoms with Gasteiger partial charge in [-0.3, -0.25) is 4.79 Å². The predicted molar refractivity (Wildman–Crippen MR) is 67.7 cm³/mol. The van der Waals surface area contributed by atoms with Crippen LogP contribution in [-0.2, 0) is 4.79 Å². The number of aliphatic hydroxyl groups excluding tert-OH is 1. The van der Waals surface area contributed by atoms with Crippen LogP contribution in [0.5, 0.6) is 5.75 Å². The minimum absolute atomic E-state index is 0.384. The minimum Gasteiger partial charge on any atom is -0.492 e. The first-order valence-corrected chi connectivity index (χ1v) is 5.73. The van der Waals surface area contributed by atoms with Gasteiger partial charge in [-0.05, 0) is 32.0 Å². The molecule has 1 aromatic carbocycles. The molecule has 1 N–H and O–H groups in total. The van der Waals surface area contributed by atoms with Crippen molar-refractivity contribution in [2.45, 2.75) is 20.0 Å². The first kappa shape index (κ1) is 13.8. The van der Waals surface area contributed by atoms with Gasteiger partial charge in [-0.2, -0.15) is 0 Å². The summed E-state index contributed by atoms with van der Waals surface area (Å²) in [5, 5.41) is 9.65. The van der Waals surface area contributed by atoms with E-state index in [1.54, 1.807) is 25.2 Å². The Morgan fingerprint density at radius 1 is 1.59 bits per heavy atom. The van der Waals surface area contributed by atoms with Crippen LogP contribution in [0, 0.1) is 0 Å². The maximum atomic E-state index is 11.6. The first-order chi connectivity index (χ1) is 7.97. The number of rotatable bonds is 4. The molecule has 0 heterocycles. The second kappa shape index (κ2) is 5.89. The van der Waals surface area contributed by atoms with Crippen LogP contribution < -0.4 is 9.64 Å². The van der Waals surface area contributed by atoms with Crippen molar-refractivity contribution in [1.82, 2.24) is 0 Å². The van der Waals surface area contributed by atoms with Gasteiger partial charge < -0.3 is 14.7 Å². The fourth-order valence-corrected chi connectivity index (χ4v) is 1.61. The Morgan fingerprint density at radius 2 is 2.24 bits per heavy atom. The third kappa shape index (κ3) is 3.35. The van der Waals surface area contributed by atoms with E-state index < -0.39 is 6.10 Å². The second-order valence-corrected chi connectivity index (χ2v) is 4.03. The third-order valence-electron chi connectivity index (χ3n) is 2.29. The van der Waals surface area contributed by atoms with E-state index in [0.29, 0.717) is 23.1 Å². The van der Waals surface area contributed by atoms with E-state index in [4.69, 9.17) is 16.3 Å². The number of aliphatic hydroxyl groups is 1. The molecule has 0 spiro atoms. The number of amides is 1. The van der Waals surface area contributed by atoms with Crippen LogP contribution in [0.4, 0.5) is 5.69 Å². The van der Waals surface area contributed by atoms with Gasteiger partial charge in [0, 0.05) is 12.7 Å². The summed E-state index contributed by atoms with van der Waals surface area (Å²) in [7, 11) is 1.58. The zero-order valence-electron chi connectivity index (χ0n) is 10.1. The highest BCUT2D eigenvalue weighted by molar-refractivity contribution is 6.32. The smallest absolute Gasteiger partial charge is 0.255 e. The van der Waals surface area contributed by atoms with Gasteiger partial charge in [0.1, 0.15) is 11.9 Å². The number of hydrogen-bond acceptors (Lipinski definition) is 3. The van der Waals surface area contributed by atoms with E-state index in [0.717, 1.165) is 0 Å². The lowest BCUT2D eigenvalue weighted by atomic mass is 10.2. The molecule has 0 aromatic heterocycles. The second-order valence-electron chi connectivity index (χ2n) is 3.62. The zero-order valence-corrected chi connectivity index (χ0v) is 10.9. The van der Waals surface area contributed by atoms with Crippen molar-refractivity contribution in [1.29, 1.82) is 0 Å². The van der Waals surface area contributed by atoms with E-state index in [-0.39, 0.29) is 5.91 Å². The molecule has 0 aliphatic carbocycles. The van der Waals surface area contributed by atoms with Gasteiger partial charge in [0.05, 0.1) is 11.6 Å². The fourth-order valence-electron chi connectivity index (χ4n) is 1.38. The van der Waals surface area contributed by atoms with Crippen LogP contribution in [0.15, 0.2) is 18.2 Å². The van der Waals surface area contributed by atoms with Crippen LogP contribution in [0.3, 0.4) is 0 Å². The number of ether oxygens (including phenoxy) is 1. The fraction of sp³-hybridized carbons (Fsp3) is 0.417. The lowest BCUT2D eigenvalue weighted by Crippen LogP contribution is -2.34. The molecule has 1 aromatic rings. The number of halogens is 1. The number of nitrogens with zero attached hydrogens (tertiary/aromatic N) is 1. The van der Waals surface area contributed by atoms with Crippen LogP contribution >= 0.6 is 11.6 Å². The average molecular weight is 258 g/mol. The monoisotopic (exact) mass is 257 g/mol. The summed E-state index contributed by atoms with van der Waals surface area (Å²) in [5.41, 5.74) is 0.615. The molecule has 4 nitrogen and oxygen atoms in total. The highest BCUT2D eigenvalue weighted by atomic mass is 35.5. The van der Waals surface area contributed by atoms with Crippen LogP contribution in [0.1, 0.15) is 13.8 Å². The first-order valence-electron chi connectivity index (χ1n) is 5.35. The van der Waals surface area contributed by atoms with Gasteiger partial charge in [0.25, 0.3) is 5.91 Å². The third-order valence-corrected chi connectivity index (χ3v) is 2.59. The summed E-state index contributed by atoms with van der Waals surface area (Å²) in [6.07, 6.45) is -1.04.